The van der Waals surface area contributed by atoms with Crippen LogP contribution in [0.5, 0.6) is 0 Å². The normalized spacial score (nSPS) is 10.9. The Morgan fingerprint density at radius 1 is 0.600 bits per heavy atom. The number of aliphatic hydroxyl groups is 2. The molecule has 4 rings (SSSR count). The summed E-state index contributed by atoms with van der Waals surface area (Å²) in [6.07, 6.45) is 0. The van der Waals surface area contributed by atoms with Gasteiger partial charge < -0.3 is 24.4 Å². The molecule has 0 saturated heterocycles. The number of benzene rings is 2. The zero-order valence-corrected chi connectivity index (χ0v) is 25.5. The summed E-state index contributed by atoms with van der Waals surface area (Å²) in [5.74, 6) is 0.714. The van der Waals surface area contributed by atoms with E-state index in [1.54, 1.807) is 4.90 Å². The van der Waals surface area contributed by atoms with Crippen LogP contribution in [0.4, 0.5) is 23.8 Å². The van der Waals surface area contributed by atoms with Gasteiger partial charge in [-0.15, -0.1) is 0 Å². The molecule has 1 amide bonds. The van der Waals surface area contributed by atoms with Crippen LogP contribution in [0.2, 0.25) is 0 Å². The number of aliphatic hydroxyl groups excluding tert-OH is 2. The van der Waals surface area contributed by atoms with E-state index in [4.69, 9.17) is 14.2 Å². The molecule has 2 N–H and O–H groups in total. The van der Waals surface area contributed by atoms with Gasteiger partial charge in [-0.25, -0.2) is 0 Å². The zero-order valence-electron chi connectivity index (χ0n) is 25.5. The minimum absolute atomic E-state index is 0.00961. The van der Waals surface area contributed by atoms with Gasteiger partial charge in [-0.3, -0.25) is 24.4 Å². The highest BCUT2D eigenvalue weighted by Gasteiger charge is 2.24. The SMILES string of the molecule is COCN(CO)c1nc(-c2ccccc2)nc(N(COC)CN(CO)c2nc(-c3ccccc3)nc(N(COC)C(C)=O)n2)n1. The third-order valence-electron chi connectivity index (χ3n) is 6.27. The van der Waals surface area contributed by atoms with E-state index in [1.165, 1.54) is 43.0 Å². The van der Waals surface area contributed by atoms with Crippen LogP contribution in [0.3, 0.4) is 0 Å². The second kappa shape index (κ2) is 16.3. The molecule has 0 atom stereocenters. The lowest BCUT2D eigenvalue weighted by atomic mass is 10.2. The van der Waals surface area contributed by atoms with Gasteiger partial charge >= 0.3 is 0 Å². The number of nitrogens with zero attached hydrogens (tertiary/aromatic N) is 10. The monoisotopic (exact) mass is 620 g/mol. The second-order valence-electron chi connectivity index (χ2n) is 9.49. The highest BCUT2D eigenvalue weighted by atomic mass is 16.5. The van der Waals surface area contributed by atoms with Crippen LogP contribution in [-0.4, -0.2) is 108 Å². The molecular formula is C29H36N10O6. The summed E-state index contributed by atoms with van der Waals surface area (Å²) in [4.78, 5) is 45.7. The van der Waals surface area contributed by atoms with E-state index < -0.39 is 13.5 Å². The molecule has 16 nitrogen and oxygen atoms in total. The van der Waals surface area contributed by atoms with Gasteiger partial charge in [0.15, 0.2) is 11.6 Å². The van der Waals surface area contributed by atoms with Crippen molar-refractivity contribution < 1.29 is 29.2 Å². The quantitative estimate of drug-likeness (QED) is 0.172. The van der Waals surface area contributed by atoms with Crippen molar-refractivity contribution in [2.75, 3.05) is 81.3 Å². The summed E-state index contributed by atoms with van der Waals surface area (Å²) >= 11 is 0. The number of hydrogen-bond acceptors (Lipinski definition) is 15. The number of anilines is 4. The first-order chi connectivity index (χ1) is 21.9. The molecule has 0 unspecified atom stereocenters. The summed E-state index contributed by atoms with van der Waals surface area (Å²) in [6, 6.07) is 18.5. The van der Waals surface area contributed by atoms with E-state index in [0.29, 0.717) is 17.0 Å². The maximum absolute atomic E-state index is 12.5. The number of ether oxygens (including phenoxy) is 3. The Hall–Kier alpha value is -4.87. The fourth-order valence-corrected chi connectivity index (χ4v) is 4.12. The van der Waals surface area contributed by atoms with Gasteiger partial charge in [0.2, 0.25) is 29.7 Å². The molecule has 16 heteroatoms. The van der Waals surface area contributed by atoms with Crippen LogP contribution >= 0.6 is 0 Å². The summed E-state index contributed by atoms with van der Waals surface area (Å²) in [5, 5.41) is 20.6. The number of methoxy groups -OCH3 is 3. The minimum atomic E-state index is -0.530. The van der Waals surface area contributed by atoms with Gasteiger partial charge in [0, 0.05) is 39.4 Å². The van der Waals surface area contributed by atoms with Crippen LogP contribution in [0.15, 0.2) is 60.7 Å². The Labute approximate surface area is 260 Å². The van der Waals surface area contributed by atoms with Crippen molar-refractivity contribution in [2.24, 2.45) is 0 Å². The lowest BCUT2D eigenvalue weighted by molar-refractivity contribution is -0.117. The Morgan fingerprint density at radius 3 is 1.49 bits per heavy atom. The summed E-state index contributed by atoms with van der Waals surface area (Å²) in [5.41, 5.74) is 1.39. The lowest BCUT2D eigenvalue weighted by Crippen LogP contribution is -2.42. The number of carbonyl (C=O) groups excluding carboxylic acids is 1. The van der Waals surface area contributed by atoms with Crippen molar-refractivity contribution in [2.45, 2.75) is 6.92 Å². The fourth-order valence-electron chi connectivity index (χ4n) is 4.12. The highest BCUT2D eigenvalue weighted by Crippen LogP contribution is 2.24. The first-order valence-electron chi connectivity index (χ1n) is 13.8. The molecule has 0 spiro atoms. The Bertz CT molecular complexity index is 1520. The van der Waals surface area contributed by atoms with Crippen molar-refractivity contribution in [1.29, 1.82) is 0 Å². The first-order valence-corrected chi connectivity index (χ1v) is 13.8. The van der Waals surface area contributed by atoms with Crippen LogP contribution in [0.1, 0.15) is 6.92 Å². The van der Waals surface area contributed by atoms with E-state index in [9.17, 15) is 15.0 Å². The van der Waals surface area contributed by atoms with Crippen molar-refractivity contribution in [3.8, 4) is 22.8 Å². The first kappa shape index (κ1) is 33.0. The molecule has 45 heavy (non-hydrogen) atoms. The van der Waals surface area contributed by atoms with Crippen LogP contribution in [-0.2, 0) is 19.0 Å². The number of aromatic nitrogens is 6. The Kier molecular flexibility index (Phi) is 11.9. The number of rotatable bonds is 16. The molecule has 0 aliphatic carbocycles. The molecule has 238 valence electrons. The molecule has 2 heterocycles. The molecule has 0 bridgehead atoms. The maximum Gasteiger partial charge on any atom is 0.239 e. The number of carbonyl (C=O) groups is 1. The minimum Gasteiger partial charge on any atom is -0.376 e. The van der Waals surface area contributed by atoms with E-state index in [-0.39, 0.29) is 62.4 Å². The molecule has 2 aromatic carbocycles. The zero-order chi connectivity index (χ0) is 32.2. The predicted molar refractivity (Wildman–Crippen MR) is 166 cm³/mol. The summed E-state index contributed by atoms with van der Waals surface area (Å²) in [7, 11) is 4.45. The van der Waals surface area contributed by atoms with Gasteiger partial charge in [0.05, 0.1) is 0 Å². The molecule has 0 radical (unpaired) electrons. The molecule has 0 fully saturated rings. The van der Waals surface area contributed by atoms with Crippen molar-refractivity contribution in [3.63, 3.8) is 0 Å². The van der Waals surface area contributed by atoms with Gasteiger partial charge in [-0.05, 0) is 0 Å². The van der Waals surface area contributed by atoms with E-state index in [0.717, 1.165) is 0 Å². The molecule has 4 aromatic rings. The van der Waals surface area contributed by atoms with Crippen molar-refractivity contribution in [1.82, 2.24) is 29.9 Å². The average molecular weight is 621 g/mol. The molecular weight excluding hydrogens is 584 g/mol. The second-order valence-corrected chi connectivity index (χ2v) is 9.49. The molecule has 0 aliphatic heterocycles. The van der Waals surface area contributed by atoms with Crippen molar-refractivity contribution in [3.05, 3.63) is 60.7 Å². The molecule has 0 aliphatic rings. The van der Waals surface area contributed by atoms with Crippen molar-refractivity contribution >= 4 is 29.7 Å². The average Bonchev–Trinajstić information content (AvgIpc) is 3.08. The van der Waals surface area contributed by atoms with Crippen LogP contribution in [0, 0.1) is 0 Å². The standard InChI is InChI=1S/C29H36N10O6/c1-21(42)39(20-45-4)29-33-25(23-13-9-6-10-14-23)30-26(35-29)36(16-40)15-37(18-43-2)27-31-24(22-11-7-5-8-12-22)32-28(34-27)38(17-41)19-44-3/h5-14,40-41H,15-20H2,1-4H3. The number of amides is 1. The van der Waals surface area contributed by atoms with Crippen LogP contribution in [0.25, 0.3) is 22.8 Å². The molecule has 2 aromatic heterocycles. The number of hydrogen-bond donors (Lipinski definition) is 2. The van der Waals surface area contributed by atoms with Gasteiger partial charge in [0.25, 0.3) is 0 Å². The fraction of sp³-hybridized carbons (Fsp3) is 0.345. The maximum atomic E-state index is 12.5. The van der Waals surface area contributed by atoms with E-state index >= 15 is 0 Å². The summed E-state index contributed by atoms with van der Waals surface area (Å²) in [6.45, 7) is 0.279. The van der Waals surface area contributed by atoms with Crippen LogP contribution < -0.4 is 19.6 Å². The van der Waals surface area contributed by atoms with Gasteiger partial charge in [0.1, 0.15) is 40.3 Å². The largest absolute Gasteiger partial charge is 0.376 e. The smallest absolute Gasteiger partial charge is 0.239 e. The van der Waals surface area contributed by atoms with E-state index in [1.807, 2.05) is 60.7 Å². The Morgan fingerprint density at radius 2 is 1.02 bits per heavy atom. The third kappa shape index (κ3) is 8.40. The lowest BCUT2D eigenvalue weighted by Gasteiger charge is -2.30. The highest BCUT2D eigenvalue weighted by molar-refractivity contribution is 5.89. The Balaban J connectivity index is 1.80. The topological polar surface area (TPSA) is 176 Å². The third-order valence-corrected chi connectivity index (χ3v) is 6.27. The van der Waals surface area contributed by atoms with Gasteiger partial charge in [-0.2, -0.15) is 29.9 Å². The van der Waals surface area contributed by atoms with E-state index in [2.05, 4.69) is 29.9 Å². The molecule has 0 saturated carbocycles. The summed E-state index contributed by atoms with van der Waals surface area (Å²) < 4.78 is 15.9. The predicted octanol–water partition coefficient (Wildman–Crippen LogP) is 1.53. The van der Waals surface area contributed by atoms with Gasteiger partial charge in [-0.1, -0.05) is 60.7 Å².